The van der Waals surface area contributed by atoms with Gasteiger partial charge in [-0.3, -0.25) is 14.3 Å². The molecule has 1 aromatic rings. The smallest absolute Gasteiger partial charge is 0.323 e. The molecule has 1 amide bonds. The second-order valence-electron chi connectivity index (χ2n) is 4.70. The number of carbonyl (C=O) groups is 2. The van der Waals surface area contributed by atoms with Gasteiger partial charge in [-0.2, -0.15) is 0 Å². The van der Waals surface area contributed by atoms with Crippen molar-refractivity contribution in [2.45, 2.75) is 12.2 Å². The Bertz CT molecular complexity index is 749. The molecule has 0 saturated heterocycles. The van der Waals surface area contributed by atoms with Crippen molar-refractivity contribution < 1.29 is 46.1 Å². The summed E-state index contributed by atoms with van der Waals surface area (Å²) in [7, 11) is -4.64. The van der Waals surface area contributed by atoms with Crippen molar-refractivity contribution in [3.05, 3.63) is 29.6 Å². The van der Waals surface area contributed by atoms with Gasteiger partial charge in [0.2, 0.25) is 15.9 Å². The summed E-state index contributed by atoms with van der Waals surface area (Å²) in [5.74, 6) is -8.56. The molecule has 0 aliphatic rings. The number of rotatable bonds is 8. The number of primary amides is 1. The summed E-state index contributed by atoms with van der Waals surface area (Å²) in [6, 6.07) is 0.446. The molecule has 140 valence electrons. The van der Waals surface area contributed by atoms with E-state index in [-0.39, 0.29) is 12.1 Å². The maximum atomic E-state index is 13.4. The lowest BCUT2D eigenvalue weighted by molar-refractivity contribution is -0.149. The Labute approximate surface area is 139 Å². The van der Waals surface area contributed by atoms with Crippen LogP contribution in [0.3, 0.4) is 0 Å². The number of amides is 1. The molecule has 0 aliphatic heterocycles. The minimum atomic E-state index is -4.64. The van der Waals surface area contributed by atoms with E-state index in [0.717, 1.165) is 0 Å². The van der Waals surface area contributed by atoms with Crippen molar-refractivity contribution in [3.63, 3.8) is 0 Å². The fourth-order valence-corrected chi connectivity index (χ4v) is 2.46. The van der Waals surface area contributed by atoms with Crippen LogP contribution in [0.5, 0.6) is 0 Å². The highest BCUT2D eigenvalue weighted by Gasteiger charge is 2.26. The molecule has 13 heteroatoms. The zero-order chi connectivity index (χ0) is 19.4. The van der Waals surface area contributed by atoms with Crippen LogP contribution in [0.1, 0.15) is 0 Å². The predicted octanol–water partition coefficient (Wildman–Crippen LogP) is -1.40. The van der Waals surface area contributed by atoms with Crippen LogP contribution in [0.4, 0.5) is 18.9 Å². The summed E-state index contributed by atoms with van der Waals surface area (Å²) < 4.78 is 68.5. The van der Waals surface area contributed by atoms with Gasteiger partial charge in [-0.25, -0.2) is 21.6 Å². The third kappa shape index (κ3) is 6.21. The number of sulfonamides is 1. The lowest BCUT2D eigenvalue weighted by Gasteiger charge is -2.15. The molecule has 5 N–H and O–H groups in total. The molecule has 0 heterocycles. The van der Waals surface area contributed by atoms with Crippen LogP contribution in [0, 0.1) is 17.5 Å². The molecule has 0 aliphatic carbocycles. The highest BCUT2D eigenvalue weighted by atomic mass is 32.2. The van der Waals surface area contributed by atoms with Crippen molar-refractivity contribution in [1.29, 1.82) is 0 Å². The first-order chi connectivity index (χ1) is 11.4. The van der Waals surface area contributed by atoms with E-state index in [9.17, 15) is 36.3 Å². The Balaban J connectivity index is 2.69. The Morgan fingerprint density at radius 1 is 1.20 bits per heavy atom. The van der Waals surface area contributed by atoms with Crippen molar-refractivity contribution in [1.82, 2.24) is 0 Å². The first-order valence-electron chi connectivity index (χ1n) is 6.39. The molecule has 0 fully saturated rings. The summed E-state index contributed by atoms with van der Waals surface area (Å²) in [5.41, 5.74) is 3.48. The lowest BCUT2D eigenvalue weighted by Crippen LogP contribution is -2.42. The number of esters is 1. The maximum Gasteiger partial charge on any atom is 0.323 e. The van der Waals surface area contributed by atoms with Crippen LogP contribution >= 0.6 is 0 Å². The molecule has 0 bridgehead atoms. The number of anilines is 1. The van der Waals surface area contributed by atoms with Gasteiger partial charge in [0.15, 0.2) is 23.5 Å². The molecule has 9 nitrogen and oxygen atoms in total. The van der Waals surface area contributed by atoms with E-state index in [1.54, 1.807) is 0 Å². The summed E-state index contributed by atoms with van der Waals surface area (Å²) in [4.78, 5) is 21.9. The van der Waals surface area contributed by atoms with Gasteiger partial charge in [0.05, 0.1) is 0 Å². The highest BCUT2D eigenvalue weighted by molar-refractivity contribution is 7.93. The Morgan fingerprint density at radius 2 is 1.72 bits per heavy atom. The topological polar surface area (TPSA) is 156 Å². The van der Waals surface area contributed by atoms with Crippen LogP contribution in [0.15, 0.2) is 12.1 Å². The molecule has 25 heavy (non-hydrogen) atoms. The number of ether oxygens (including phenoxy) is 1. The van der Waals surface area contributed by atoms with Gasteiger partial charge in [0.25, 0.3) is 0 Å². The molecule has 0 spiro atoms. The van der Waals surface area contributed by atoms with Crippen molar-refractivity contribution in [2.75, 3.05) is 17.1 Å². The normalized spacial score (nSPS) is 13.8. The number of hydrogen-bond acceptors (Lipinski definition) is 7. The van der Waals surface area contributed by atoms with E-state index < -0.39 is 69.6 Å². The molecule has 1 aromatic carbocycles. The van der Waals surface area contributed by atoms with E-state index >= 15 is 0 Å². The van der Waals surface area contributed by atoms with Gasteiger partial charge in [0, 0.05) is 12.1 Å². The number of halogens is 3. The van der Waals surface area contributed by atoms with Crippen LogP contribution in [0.25, 0.3) is 0 Å². The van der Waals surface area contributed by atoms with Gasteiger partial charge in [-0.15, -0.1) is 0 Å². The van der Waals surface area contributed by atoms with E-state index in [2.05, 4.69) is 10.5 Å². The predicted molar refractivity (Wildman–Crippen MR) is 75.9 cm³/mol. The summed E-state index contributed by atoms with van der Waals surface area (Å²) in [6.45, 7) is -0.961. The first kappa shape index (κ1) is 20.7. The van der Waals surface area contributed by atoms with Crippen LogP contribution < -0.4 is 10.5 Å². The molecule has 0 radical (unpaired) electrons. The molecule has 0 saturated carbocycles. The third-order valence-electron chi connectivity index (χ3n) is 2.64. The first-order valence-corrected chi connectivity index (χ1v) is 8.04. The standard InChI is InChI=1S/C12H13F3N2O7S/c13-5-1-6(14)10(7(15)2-5)17-25(22,23)4-9(19)24-3-8(18)11(20)12(16)21/h1-2,8,11,17-18,20H,3-4H2,(H2,16,21). The van der Waals surface area contributed by atoms with Crippen molar-refractivity contribution >= 4 is 27.6 Å². The Kier molecular flexibility index (Phi) is 6.72. The number of aliphatic hydroxyl groups excluding tert-OH is 2. The zero-order valence-electron chi connectivity index (χ0n) is 12.3. The van der Waals surface area contributed by atoms with Gasteiger partial charge in [-0.05, 0) is 0 Å². The van der Waals surface area contributed by atoms with Crippen molar-refractivity contribution in [3.8, 4) is 0 Å². The van der Waals surface area contributed by atoms with Crippen molar-refractivity contribution in [2.24, 2.45) is 5.73 Å². The Hall–Kier alpha value is -2.38. The number of nitrogens with two attached hydrogens (primary N) is 1. The molecule has 0 aromatic heterocycles. The second kappa shape index (κ2) is 8.13. The number of nitrogens with one attached hydrogen (secondary N) is 1. The third-order valence-corrected chi connectivity index (χ3v) is 3.77. The minimum Gasteiger partial charge on any atom is -0.462 e. The minimum absolute atomic E-state index is 0.223. The fourth-order valence-electron chi connectivity index (χ4n) is 1.49. The molecule has 2 atom stereocenters. The average molecular weight is 386 g/mol. The van der Waals surface area contributed by atoms with E-state index in [1.165, 1.54) is 4.72 Å². The van der Waals surface area contributed by atoms with E-state index in [0.29, 0.717) is 0 Å². The highest BCUT2D eigenvalue weighted by Crippen LogP contribution is 2.21. The lowest BCUT2D eigenvalue weighted by atomic mass is 10.2. The van der Waals surface area contributed by atoms with Crippen LogP contribution in [-0.2, 0) is 24.3 Å². The SMILES string of the molecule is NC(=O)C(O)C(O)COC(=O)CS(=O)(=O)Nc1c(F)cc(F)cc1F. The summed E-state index contributed by atoms with van der Waals surface area (Å²) in [5, 5.41) is 18.3. The number of carbonyl (C=O) groups excluding carboxylic acids is 2. The molecule has 2 unspecified atom stereocenters. The van der Waals surface area contributed by atoms with Gasteiger partial charge in [0.1, 0.15) is 24.2 Å². The van der Waals surface area contributed by atoms with Gasteiger partial charge >= 0.3 is 5.97 Å². The Morgan fingerprint density at radius 3 is 2.20 bits per heavy atom. The van der Waals surface area contributed by atoms with Crippen LogP contribution in [0.2, 0.25) is 0 Å². The average Bonchev–Trinajstić information content (AvgIpc) is 2.47. The van der Waals surface area contributed by atoms with Gasteiger partial charge in [-0.1, -0.05) is 0 Å². The monoisotopic (exact) mass is 386 g/mol. The number of hydrogen-bond donors (Lipinski definition) is 4. The van der Waals surface area contributed by atoms with Crippen LogP contribution in [-0.4, -0.2) is 55.1 Å². The fraction of sp³-hybridized carbons (Fsp3) is 0.333. The number of aliphatic hydroxyl groups is 2. The van der Waals surface area contributed by atoms with E-state index in [1.807, 2.05) is 0 Å². The molecular formula is C12H13F3N2O7S. The zero-order valence-corrected chi connectivity index (χ0v) is 13.1. The number of benzene rings is 1. The molecular weight excluding hydrogens is 373 g/mol. The second-order valence-corrected chi connectivity index (χ2v) is 6.43. The van der Waals surface area contributed by atoms with E-state index in [4.69, 9.17) is 5.11 Å². The summed E-state index contributed by atoms with van der Waals surface area (Å²) >= 11 is 0. The summed E-state index contributed by atoms with van der Waals surface area (Å²) in [6.07, 6.45) is -3.95. The van der Waals surface area contributed by atoms with Gasteiger partial charge < -0.3 is 20.7 Å². The largest absolute Gasteiger partial charge is 0.462 e. The molecule has 1 rings (SSSR count). The maximum absolute atomic E-state index is 13.4. The quantitative estimate of drug-likeness (QED) is 0.400.